The summed E-state index contributed by atoms with van der Waals surface area (Å²) >= 11 is 0. The lowest BCUT2D eigenvalue weighted by atomic mass is 10.1. The summed E-state index contributed by atoms with van der Waals surface area (Å²) in [5.41, 5.74) is 9.48. The fraction of sp³-hybridized carbons (Fsp3) is 0.600. The summed E-state index contributed by atoms with van der Waals surface area (Å²) < 4.78 is 5.59. The third-order valence-electron chi connectivity index (χ3n) is 3.56. The average Bonchev–Trinajstić information content (AvgIpc) is 2.75. The molecule has 19 heavy (non-hydrogen) atoms. The number of ether oxygens (including phenoxy) is 1. The van der Waals surface area contributed by atoms with Crippen LogP contribution >= 0.6 is 0 Å². The molecule has 1 atom stereocenters. The van der Waals surface area contributed by atoms with Crippen molar-refractivity contribution in [2.45, 2.75) is 18.9 Å². The molecule has 0 spiro atoms. The van der Waals surface area contributed by atoms with E-state index in [0.717, 1.165) is 44.8 Å². The highest BCUT2D eigenvalue weighted by atomic mass is 16.5. The molecule has 0 radical (unpaired) electrons. The van der Waals surface area contributed by atoms with E-state index in [9.17, 15) is 0 Å². The molecule has 0 saturated carbocycles. The molecule has 0 amide bonds. The standard InChI is InChI=1S/C15H25N3O/c1-18(2)8-10-19-9-7-17-15-6-3-12-11-13(16)4-5-14(12)15/h4-5,11,15,17H,3,6-10,16H2,1-2H3. The van der Waals surface area contributed by atoms with Crippen molar-refractivity contribution >= 4 is 5.69 Å². The average molecular weight is 263 g/mol. The van der Waals surface area contributed by atoms with Crippen LogP contribution in [0.3, 0.4) is 0 Å². The molecule has 4 nitrogen and oxygen atoms in total. The van der Waals surface area contributed by atoms with Crippen LogP contribution in [-0.2, 0) is 11.2 Å². The smallest absolute Gasteiger partial charge is 0.0593 e. The maximum atomic E-state index is 5.81. The molecule has 1 aromatic rings. The number of rotatable bonds is 7. The van der Waals surface area contributed by atoms with Crippen molar-refractivity contribution in [3.05, 3.63) is 29.3 Å². The van der Waals surface area contributed by atoms with Gasteiger partial charge in [-0.25, -0.2) is 0 Å². The first-order chi connectivity index (χ1) is 9.16. The maximum Gasteiger partial charge on any atom is 0.0593 e. The zero-order chi connectivity index (χ0) is 13.7. The molecule has 4 heteroatoms. The van der Waals surface area contributed by atoms with Gasteiger partial charge < -0.3 is 20.7 Å². The molecule has 1 aromatic carbocycles. The van der Waals surface area contributed by atoms with Crippen LogP contribution < -0.4 is 11.1 Å². The number of aryl methyl sites for hydroxylation is 1. The lowest BCUT2D eigenvalue weighted by Gasteiger charge is -2.15. The Morgan fingerprint density at radius 3 is 3.00 bits per heavy atom. The molecule has 2 rings (SSSR count). The molecule has 0 fully saturated rings. The largest absolute Gasteiger partial charge is 0.399 e. The van der Waals surface area contributed by atoms with Crippen molar-refractivity contribution < 1.29 is 4.74 Å². The van der Waals surface area contributed by atoms with Gasteiger partial charge in [-0.15, -0.1) is 0 Å². The van der Waals surface area contributed by atoms with Crippen molar-refractivity contribution in [3.8, 4) is 0 Å². The normalized spacial score (nSPS) is 17.9. The molecule has 106 valence electrons. The monoisotopic (exact) mass is 263 g/mol. The number of nitrogens with two attached hydrogens (primary N) is 1. The molecular formula is C15H25N3O. The predicted octanol–water partition coefficient (Wildman–Crippen LogP) is 1.42. The van der Waals surface area contributed by atoms with Crippen molar-refractivity contribution in [3.63, 3.8) is 0 Å². The Morgan fingerprint density at radius 2 is 2.21 bits per heavy atom. The molecule has 1 aliphatic rings. The molecule has 0 saturated heterocycles. The number of likely N-dealkylation sites (N-methyl/N-ethyl adjacent to an activating group) is 1. The van der Waals surface area contributed by atoms with Crippen LogP contribution in [-0.4, -0.2) is 45.3 Å². The molecule has 0 aromatic heterocycles. The molecule has 0 heterocycles. The maximum absolute atomic E-state index is 5.81. The Bertz CT molecular complexity index is 406. The quantitative estimate of drug-likeness (QED) is 0.577. The highest BCUT2D eigenvalue weighted by Gasteiger charge is 2.21. The highest BCUT2D eigenvalue weighted by Crippen LogP contribution is 2.31. The third-order valence-corrected chi connectivity index (χ3v) is 3.56. The van der Waals surface area contributed by atoms with Crippen LogP contribution in [0.5, 0.6) is 0 Å². The van der Waals surface area contributed by atoms with Crippen LogP contribution in [0.15, 0.2) is 18.2 Å². The first kappa shape index (κ1) is 14.3. The minimum Gasteiger partial charge on any atom is -0.399 e. The lowest BCUT2D eigenvalue weighted by molar-refractivity contribution is 0.117. The van der Waals surface area contributed by atoms with Crippen molar-refractivity contribution in [2.24, 2.45) is 0 Å². The second kappa shape index (κ2) is 6.89. The highest BCUT2D eigenvalue weighted by molar-refractivity contribution is 5.47. The lowest BCUT2D eigenvalue weighted by Crippen LogP contribution is -2.25. The Kier molecular flexibility index (Phi) is 5.19. The number of hydrogen-bond donors (Lipinski definition) is 2. The SMILES string of the molecule is CN(C)CCOCCNC1CCc2cc(N)ccc21. The predicted molar refractivity (Wildman–Crippen MR) is 79.3 cm³/mol. The van der Waals surface area contributed by atoms with Gasteiger partial charge in [0.05, 0.1) is 13.2 Å². The van der Waals surface area contributed by atoms with Gasteiger partial charge in [0, 0.05) is 24.8 Å². The van der Waals surface area contributed by atoms with Gasteiger partial charge in [-0.2, -0.15) is 0 Å². The summed E-state index contributed by atoms with van der Waals surface area (Å²) in [6.07, 6.45) is 2.29. The van der Waals surface area contributed by atoms with Gasteiger partial charge in [0.25, 0.3) is 0 Å². The van der Waals surface area contributed by atoms with E-state index in [1.807, 2.05) is 6.07 Å². The Hall–Kier alpha value is -1.10. The second-order valence-corrected chi connectivity index (χ2v) is 5.42. The van der Waals surface area contributed by atoms with Crippen molar-refractivity contribution in [2.75, 3.05) is 46.1 Å². The summed E-state index contributed by atoms with van der Waals surface area (Å²) in [4.78, 5) is 2.13. The third kappa shape index (κ3) is 4.20. The van der Waals surface area contributed by atoms with Crippen molar-refractivity contribution in [1.82, 2.24) is 10.2 Å². The topological polar surface area (TPSA) is 50.5 Å². The summed E-state index contributed by atoms with van der Waals surface area (Å²) in [7, 11) is 4.12. The van der Waals surface area contributed by atoms with Crippen LogP contribution in [0.1, 0.15) is 23.6 Å². The number of hydrogen-bond acceptors (Lipinski definition) is 4. The molecule has 0 bridgehead atoms. The molecule has 1 aliphatic carbocycles. The summed E-state index contributed by atoms with van der Waals surface area (Å²) in [6.45, 7) is 3.45. The minimum atomic E-state index is 0.466. The van der Waals surface area contributed by atoms with Gasteiger partial charge >= 0.3 is 0 Å². The number of benzene rings is 1. The fourth-order valence-corrected chi connectivity index (χ4v) is 2.50. The van der Waals surface area contributed by atoms with Gasteiger partial charge in [-0.1, -0.05) is 6.07 Å². The van der Waals surface area contributed by atoms with Crippen LogP contribution in [0.4, 0.5) is 5.69 Å². The zero-order valence-electron chi connectivity index (χ0n) is 12.0. The minimum absolute atomic E-state index is 0.466. The summed E-state index contributed by atoms with van der Waals surface area (Å²) in [5.74, 6) is 0. The van der Waals surface area contributed by atoms with E-state index in [4.69, 9.17) is 10.5 Å². The zero-order valence-corrected chi connectivity index (χ0v) is 12.0. The number of nitrogen functional groups attached to an aromatic ring is 1. The summed E-state index contributed by atoms with van der Waals surface area (Å²) in [6, 6.07) is 6.72. The Balaban J connectivity index is 1.69. The van der Waals surface area contributed by atoms with Gasteiger partial charge in [0.1, 0.15) is 0 Å². The van der Waals surface area contributed by atoms with Gasteiger partial charge in [0.2, 0.25) is 0 Å². The van der Waals surface area contributed by atoms with Crippen LogP contribution in [0.2, 0.25) is 0 Å². The van der Waals surface area contributed by atoms with E-state index in [1.165, 1.54) is 11.1 Å². The molecular weight excluding hydrogens is 238 g/mol. The van der Waals surface area contributed by atoms with Crippen LogP contribution in [0.25, 0.3) is 0 Å². The van der Waals surface area contributed by atoms with E-state index in [-0.39, 0.29) is 0 Å². The van der Waals surface area contributed by atoms with Crippen molar-refractivity contribution in [1.29, 1.82) is 0 Å². The van der Waals surface area contributed by atoms with Gasteiger partial charge in [-0.05, 0) is 50.2 Å². The number of nitrogens with zero attached hydrogens (tertiary/aromatic N) is 1. The molecule has 3 N–H and O–H groups in total. The number of anilines is 1. The number of nitrogens with one attached hydrogen (secondary N) is 1. The van der Waals surface area contributed by atoms with Gasteiger partial charge in [-0.3, -0.25) is 0 Å². The van der Waals surface area contributed by atoms with Gasteiger partial charge in [0.15, 0.2) is 0 Å². The summed E-state index contributed by atoms with van der Waals surface area (Å²) in [5, 5.41) is 3.57. The molecule has 0 aliphatic heterocycles. The molecule has 1 unspecified atom stereocenters. The van der Waals surface area contributed by atoms with E-state index in [1.54, 1.807) is 0 Å². The van der Waals surface area contributed by atoms with E-state index < -0.39 is 0 Å². The van der Waals surface area contributed by atoms with E-state index >= 15 is 0 Å². The Morgan fingerprint density at radius 1 is 1.37 bits per heavy atom. The second-order valence-electron chi connectivity index (χ2n) is 5.42. The first-order valence-electron chi connectivity index (χ1n) is 7.01. The first-order valence-corrected chi connectivity index (χ1v) is 7.01. The number of fused-ring (bicyclic) bond motifs is 1. The van der Waals surface area contributed by atoms with Crippen LogP contribution in [0, 0.1) is 0 Å². The fourth-order valence-electron chi connectivity index (χ4n) is 2.50. The van der Waals surface area contributed by atoms with E-state index in [2.05, 4.69) is 36.4 Å². The Labute approximate surface area is 115 Å². The van der Waals surface area contributed by atoms with E-state index in [0.29, 0.717) is 6.04 Å².